The van der Waals surface area contributed by atoms with Crippen molar-refractivity contribution in [2.24, 2.45) is 10.9 Å². The van der Waals surface area contributed by atoms with E-state index in [1.807, 2.05) is 0 Å². The molecule has 0 amide bonds. The van der Waals surface area contributed by atoms with Crippen LogP contribution < -0.4 is 0 Å². The number of nitrogens with zero attached hydrogens (tertiary/aromatic N) is 2. The summed E-state index contributed by atoms with van der Waals surface area (Å²) >= 11 is 0. The quantitative estimate of drug-likeness (QED) is 0.400. The maximum absolute atomic E-state index is 4.79. The third-order valence-corrected chi connectivity index (χ3v) is 4.78. The fraction of sp³-hybridized carbons (Fsp3) is 0.947. The smallest absolute Gasteiger partial charge is 0.102 e. The average Bonchev–Trinajstić information content (AvgIpc) is 2.91. The summed E-state index contributed by atoms with van der Waals surface area (Å²) in [6.07, 6.45) is 16.7. The van der Waals surface area contributed by atoms with Crippen LogP contribution >= 0.6 is 0 Å². The number of hydrogen-bond donors (Lipinski definition) is 0. The molecule has 21 heavy (non-hydrogen) atoms. The number of hydrogen-bond acceptors (Lipinski definition) is 2. The van der Waals surface area contributed by atoms with Gasteiger partial charge >= 0.3 is 0 Å². The summed E-state index contributed by atoms with van der Waals surface area (Å²) < 4.78 is 0. The third kappa shape index (κ3) is 7.87. The van der Waals surface area contributed by atoms with Gasteiger partial charge in [0.05, 0.1) is 6.54 Å². The summed E-state index contributed by atoms with van der Waals surface area (Å²) in [7, 11) is 2.23. The van der Waals surface area contributed by atoms with E-state index in [9.17, 15) is 0 Å². The first kappa shape index (κ1) is 18.5. The Morgan fingerprint density at radius 3 is 1.81 bits per heavy atom. The van der Waals surface area contributed by atoms with Crippen LogP contribution in [0.25, 0.3) is 0 Å². The highest BCUT2D eigenvalue weighted by atomic mass is 15.2. The van der Waals surface area contributed by atoms with Gasteiger partial charge in [-0.3, -0.25) is 4.99 Å². The van der Waals surface area contributed by atoms with Crippen molar-refractivity contribution < 1.29 is 0 Å². The highest BCUT2D eigenvalue weighted by Crippen LogP contribution is 2.23. The van der Waals surface area contributed by atoms with Gasteiger partial charge in [0, 0.05) is 19.5 Å². The van der Waals surface area contributed by atoms with E-state index in [-0.39, 0.29) is 0 Å². The largest absolute Gasteiger partial charge is 0.361 e. The fourth-order valence-corrected chi connectivity index (χ4v) is 3.38. The molecule has 0 aromatic rings. The first-order chi connectivity index (χ1) is 10.3. The molecule has 124 valence electrons. The van der Waals surface area contributed by atoms with Gasteiger partial charge < -0.3 is 4.90 Å². The monoisotopic (exact) mass is 294 g/mol. The lowest BCUT2D eigenvalue weighted by atomic mass is 9.92. The van der Waals surface area contributed by atoms with Crippen LogP contribution in [0.15, 0.2) is 4.99 Å². The standard InChI is InChI=1S/C19H38N2/c1-4-6-8-10-12-14-18(15-13-11-9-7-5-2)19-20-16-17-21(19)3/h18H,4-17H2,1-3H3. The van der Waals surface area contributed by atoms with Gasteiger partial charge in [-0.05, 0) is 12.8 Å². The summed E-state index contributed by atoms with van der Waals surface area (Å²) in [5, 5.41) is 0. The molecule has 0 fully saturated rings. The molecule has 2 nitrogen and oxygen atoms in total. The zero-order valence-corrected chi connectivity index (χ0v) is 14.9. The number of rotatable bonds is 13. The SMILES string of the molecule is CCCCCCCC(CCCCCCC)C1=NCCN1C. The molecular weight excluding hydrogens is 256 g/mol. The maximum Gasteiger partial charge on any atom is 0.102 e. The molecular formula is C19H38N2. The van der Waals surface area contributed by atoms with E-state index in [4.69, 9.17) is 4.99 Å². The molecule has 0 aromatic heterocycles. The Balaban J connectivity index is 2.28. The van der Waals surface area contributed by atoms with Gasteiger partial charge in [0.1, 0.15) is 5.84 Å². The second kappa shape index (κ2) is 12.1. The summed E-state index contributed by atoms with van der Waals surface area (Å²) in [6.45, 7) is 6.74. The first-order valence-electron chi connectivity index (χ1n) is 9.55. The summed E-state index contributed by atoms with van der Waals surface area (Å²) in [6, 6.07) is 0. The molecule has 1 rings (SSSR count). The molecule has 0 bridgehead atoms. The van der Waals surface area contributed by atoms with Gasteiger partial charge in [0.25, 0.3) is 0 Å². The number of likely N-dealkylation sites (N-methyl/N-ethyl adjacent to an activating group) is 1. The fourth-order valence-electron chi connectivity index (χ4n) is 3.38. The van der Waals surface area contributed by atoms with Crippen molar-refractivity contribution >= 4 is 5.84 Å². The van der Waals surface area contributed by atoms with E-state index in [2.05, 4.69) is 25.8 Å². The van der Waals surface area contributed by atoms with Crippen LogP contribution in [0, 0.1) is 5.92 Å². The van der Waals surface area contributed by atoms with E-state index >= 15 is 0 Å². The van der Waals surface area contributed by atoms with Crippen molar-refractivity contribution in [1.82, 2.24) is 4.90 Å². The van der Waals surface area contributed by atoms with Gasteiger partial charge in [0.15, 0.2) is 0 Å². The minimum atomic E-state index is 0.737. The van der Waals surface area contributed by atoms with Gasteiger partial charge in [-0.25, -0.2) is 0 Å². The molecule has 0 aromatic carbocycles. The molecule has 0 N–H and O–H groups in total. The molecule has 1 aliphatic rings. The molecule has 1 heterocycles. The first-order valence-corrected chi connectivity index (χ1v) is 9.55. The minimum Gasteiger partial charge on any atom is -0.361 e. The van der Waals surface area contributed by atoms with Crippen LogP contribution in [0.2, 0.25) is 0 Å². The Morgan fingerprint density at radius 1 is 0.857 bits per heavy atom. The van der Waals surface area contributed by atoms with Crippen molar-refractivity contribution in [1.29, 1.82) is 0 Å². The highest BCUT2D eigenvalue weighted by molar-refractivity contribution is 5.85. The van der Waals surface area contributed by atoms with E-state index in [1.54, 1.807) is 0 Å². The number of aliphatic imine (C=N–C) groups is 1. The molecule has 0 spiro atoms. The minimum absolute atomic E-state index is 0.737. The molecule has 1 aliphatic heterocycles. The second-order valence-electron chi connectivity index (χ2n) is 6.76. The van der Waals surface area contributed by atoms with E-state index in [0.717, 1.165) is 19.0 Å². The van der Waals surface area contributed by atoms with Gasteiger partial charge in [0.2, 0.25) is 0 Å². The van der Waals surface area contributed by atoms with Crippen molar-refractivity contribution in [2.45, 2.75) is 90.9 Å². The normalized spacial score (nSPS) is 15.0. The van der Waals surface area contributed by atoms with Crippen molar-refractivity contribution in [3.63, 3.8) is 0 Å². The maximum atomic E-state index is 4.79. The molecule has 2 heteroatoms. The van der Waals surface area contributed by atoms with Crippen LogP contribution in [0.5, 0.6) is 0 Å². The lowest BCUT2D eigenvalue weighted by molar-refractivity contribution is 0.443. The Kier molecular flexibility index (Phi) is 10.6. The number of unbranched alkanes of at least 4 members (excludes halogenated alkanes) is 8. The predicted molar refractivity (Wildman–Crippen MR) is 95.2 cm³/mol. The predicted octanol–water partition coefficient (Wildman–Crippen LogP) is 5.67. The van der Waals surface area contributed by atoms with E-state index in [1.165, 1.54) is 82.9 Å². The topological polar surface area (TPSA) is 15.6 Å². The number of amidine groups is 1. The second-order valence-corrected chi connectivity index (χ2v) is 6.76. The zero-order valence-electron chi connectivity index (χ0n) is 14.9. The third-order valence-electron chi connectivity index (χ3n) is 4.78. The average molecular weight is 295 g/mol. The zero-order chi connectivity index (χ0) is 15.3. The Hall–Kier alpha value is -0.530. The van der Waals surface area contributed by atoms with E-state index in [0.29, 0.717) is 0 Å². The summed E-state index contributed by atoms with van der Waals surface area (Å²) in [5.41, 5.74) is 0. The van der Waals surface area contributed by atoms with Gasteiger partial charge in [-0.15, -0.1) is 0 Å². The lowest BCUT2D eigenvalue weighted by Gasteiger charge is -2.23. The van der Waals surface area contributed by atoms with Gasteiger partial charge in [-0.1, -0.05) is 78.1 Å². The Labute approximate surface area is 133 Å². The van der Waals surface area contributed by atoms with Crippen molar-refractivity contribution in [3.05, 3.63) is 0 Å². The summed E-state index contributed by atoms with van der Waals surface area (Å²) in [4.78, 5) is 7.20. The molecule has 0 saturated carbocycles. The van der Waals surface area contributed by atoms with Crippen LogP contribution in [-0.2, 0) is 0 Å². The molecule has 0 atom stereocenters. The molecule has 0 unspecified atom stereocenters. The molecule has 0 aliphatic carbocycles. The van der Waals surface area contributed by atoms with Crippen LogP contribution in [-0.4, -0.2) is 30.9 Å². The molecule has 0 radical (unpaired) electrons. The Morgan fingerprint density at radius 2 is 1.38 bits per heavy atom. The van der Waals surface area contributed by atoms with Crippen LogP contribution in [0.1, 0.15) is 90.9 Å². The molecule has 0 saturated heterocycles. The van der Waals surface area contributed by atoms with Crippen molar-refractivity contribution in [2.75, 3.05) is 20.1 Å². The summed E-state index contributed by atoms with van der Waals surface area (Å²) in [5.74, 6) is 2.15. The van der Waals surface area contributed by atoms with Crippen LogP contribution in [0.4, 0.5) is 0 Å². The van der Waals surface area contributed by atoms with Crippen LogP contribution in [0.3, 0.4) is 0 Å². The lowest BCUT2D eigenvalue weighted by Crippen LogP contribution is -2.29. The van der Waals surface area contributed by atoms with E-state index < -0.39 is 0 Å². The van der Waals surface area contributed by atoms with Crippen molar-refractivity contribution in [3.8, 4) is 0 Å². The highest BCUT2D eigenvalue weighted by Gasteiger charge is 2.22. The Bertz CT molecular complexity index is 259. The van der Waals surface area contributed by atoms with Gasteiger partial charge in [-0.2, -0.15) is 0 Å².